The highest BCUT2D eigenvalue weighted by Gasteiger charge is 2.13. The van der Waals surface area contributed by atoms with Crippen LogP contribution in [0.4, 0.5) is 23.1 Å². The molecule has 0 unspecified atom stereocenters. The second-order valence-electron chi connectivity index (χ2n) is 6.96. The maximum absolute atomic E-state index is 11.6. The Hall–Kier alpha value is -4.44. The van der Waals surface area contributed by atoms with Crippen molar-refractivity contribution in [1.29, 1.82) is 0 Å². The van der Waals surface area contributed by atoms with Crippen LogP contribution in [0.2, 0.25) is 0 Å². The molecule has 0 aliphatic heterocycles. The predicted octanol–water partition coefficient (Wildman–Crippen LogP) is 3.29. The fourth-order valence-corrected chi connectivity index (χ4v) is 3.13. The number of rotatable bonds is 9. The number of nitrogens with one attached hydrogen (secondary N) is 2. The van der Waals surface area contributed by atoms with Crippen LogP contribution in [-0.2, 0) is 9.53 Å². The summed E-state index contributed by atoms with van der Waals surface area (Å²) < 4.78 is 12.4. The molecule has 10 nitrogen and oxygen atoms in total. The van der Waals surface area contributed by atoms with E-state index in [2.05, 4.69) is 32.2 Å². The van der Waals surface area contributed by atoms with E-state index in [1.807, 2.05) is 36.4 Å². The number of hydrogen-bond acceptors (Lipinski definition) is 8. The number of anilines is 4. The molecule has 10 heteroatoms. The summed E-state index contributed by atoms with van der Waals surface area (Å²) in [7, 11) is 1.62. The zero-order chi connectivity index (χ0) is 23.2. The van der Waals surface area contributed by atoms with Crippen molar-refractivity contribution in [3.63, 3.8) is 0 Å². The lowest BCUT2D eigenvalue weighted by molar-refractivity contribution is -0.111. The summed E-state index contributed by atoms with van der Waals surface area (Å²) >= 11 is 0. The van der Waals surface area contributed by atoms with E-state index in [1.54, 1.807) is 30.1 Å². The quantitative estimate of drug-likeness (QED) is 0.264. The van der Waals surface area contributed by atoms with Crippen molar-refractivity contribution >= 4 is 40.2 Å². The molecule has 0 spiro atoms. The Morgan fingerprint density at radius 2 is 1.97 bits per heavy atom. The molecule has 4 rings (SSSR count). The summed E-state index contributed by atoms with van der Waals surface area (Å²) in [4.78, 5) is 24.9. The van der Waals surface area contributed by atoms with E-state index in [4.69, 9.17) is 15.2 Å². The fraction of sp³-hybridized carbons (Fsp3) is 0.130. The van der Waals surface area contributed by atoms with Crippen molar-refractivity contribution in [2.75, 3.05) is 36.7 Å². The number of nitrogens with two attached hydrogens (primary N) is 1. The Morgan fingerprint density at radius 1 is 1.15 bits per heavy atom. The number of nitrogen functional groups attached to an aromatic ring is 1. The Balaban J connectivity index is 1.63. The van der Waals surface area contributed by atoms with Gasteiger partial charge in [-0.15, -0.1) is 0 Å². The zero-order valence-electron chi connectivity index (χ0n) is 18.0. The first-order valence-corrected chi connectivity index (χ1v) is 10.1. The van der Waals surface area contributed by atoms with E-state index >= 15 is 0 Å². The Bertz CT molecular complexity index is 1300. The second kappa shape index (κ2) is 9.79. The number of benzene rings is 2. The summed E-state index contributed by atoms with van der Waals surface area (Å²) in [6.45, 7) is 4.41. The minimum absolute atomic E-state index is 0.241. The van der Waals surface area contributed by atoms with Crippen LogP contribution in [0.1, 0.15) is 0 Å². The maximum Gasteiger partial charge on any atom is 0.247 e. The molecule has 2 aromatic heterocycles. The average Bonchev–Trinajstić information content (AvgIpc) is 3.24. The summed E-state index contributed by atoms with van der Waals surface area (Å²) in [6, 6.07) is 14.7. The predicted molar refractivity (Wildman–Crippen MR) is 127 cm³/mol. The van der Waals surface area contributed by atoms with Gasteiger partial charge in [-0.2, -0.15) is 9.97 Å². The monoisotopic (exact) mass is 445 g/mol. The van der Waals surface area contributed by atoms with Crippen LogP contribution in [0.15, 0.2) is 67.5 Å². The molecule has 2 aromatic carbocycles. The second-order valence-corrected chi connectivity index (χ2v) is 6.96. The Labute approximate surface area is 190 Å². The number of nitrogens with zero attached hydrogens (tertiary/aromatic N) is 4. The van der Waals surface area contributed by atoms with E-state index in [0.29, 0.717) is 41.8 Å². The number of hydrogen-bond donors (Lipinski definition) is 3. The molecule has 0 radical (unpaired) electrons. The number of imidazole rings is 1. The van der Waals surface area contributed by atoms with Crippen LogP contribution in [0.3, 0.4) is 0 Å². The number of carbonyl (C=O) groups is 1. The van der Waals surface area contributed by atoms with Gasteiger partial charge in [0.2, 0.25) is 11.9 Å². The minimum Gasteiger partial charge on any atom is -0.491 e. The van der Waals surface area contributed by atoms with E-state index in [-0.39, 0.29) is 11.7 Å². The van der Waals surface area contributed by atoms with Gasteiger partial charge in [0.15, 0.2) is 17.0 Å². The molecule has 0 bridgehead atoms. The number of fused-ring (bicyclic) bond motifs is 1. The molecular weight excluding hydrogens is 422 g/mol. The fourth-order valence-electron chi connectivity index (χ4n) is 3.13. The van der Waals surface area contributed by atoms with Gasteiger partial charge >= 0.3 is 0 Å². The first-order chi connectivity index (χ1) is 16.1. The lowest BCUT2D eigenvalue weighted by Crippen LogP contribution is -2.08. The maximum atomic E-state index is 11.6. The van der Waals surface area contributed by atoms with E-state index in [1.165, 1.54) is 6.08 Å². The third-order valence-corrected chi connectivity index (χ3v) is 4.65. The number of ether oxygens (including phenoxy) is 2. The molecule has 4 aromatic rings. The lowest BCUT2D eigenvalue weighted by Gasteiger charge is -2.10. The summed E-state index contributed by atoms with van der Waals surface area (Å²) in [5.74, 6) is 0.945. The van der Waals surface area contributed by atoms with Crippen LogP contribution in [0.25, 0.3) is 16.9 Å². The summed E-state index contributed by atoms with van der Waals surface area (Å²) in [5.41, 5.74) is 9.24. The van der Waals surface area contributed by atoms with Crippen LogP contribution in [0.5, 0.6) is 5.75 Å². The third-order valence-electron chi connectivity index (χ3n) is 4.65. The van der Waals surface area contributed by atoms with Crippen molar-refractivity contribution in [2.45, 2.75) is 0 Å². The first-order valence-electron chi connectivity index (χ1n) is 10.1. The molecule has 0 aliphatic rings. The van der Waals surface area contributed by atoms with E-state index in [9.17, 15) is 4.79 Å². The van der Waals surface area contributed by atoms with Crippen LogP contribution in [-0.4, -0.2) is 45.7 Å². The van der Waals surface area contributed by atoms with Crippen molar-refractivity contribution < 1.29 is 14.3 Å². The zero-order valence-corrected chi connectivity index (χ0v) is 18.0. The smallest absolute Gasteiger partial charge is 0.247 e. The van der Waals surface area contributed by atoms with Gasteiger partial charge in [0.1, 0.15) is 18.7 Å². The molecule has 0 fully saturated rings. The van der Waals surface area contributed by atoms with Crippen LogP contribution >= 0.6 is 0 Å². The minimum atomic E-state index is -0.297. The number of aromatic nitrogens is 4. The molecule has 4 N–H and O–H groups in total. The van der Waals surface area contributed by atoms with Gasteiger partial charge in [-0.05, 0) is 36.4 Å². The van der Waals surface area contributed by atoms with Gasteiger partial charge < -0.3 is 25.8 Å². The Morgan fingerprint density at radius 3 is 2.79 bits per heavy atom. The van der Waals surface area contributed by atoms with Crippen molar-refractivity contribution in [3.8, 4) is 11.4 Å². The van der Waals surface area contributed by atoms with E-state index in [0.717, 1.165) is 11.4 Å². The molecular formula is C23H23N7O3. The highest BCUT2D eigenvalue weighted by atomic mass is 16.5. The average molecular weight is 445 g/mol. The normalized spacial score (nSPS) is 10.7. The third kappa shape index (κ3) is 5.08. The number of carbonyl (C=O) groups excluding carboxylic acids is 1. The molecule has 33 heavy (non-hydrogen) atoms. The number of methoxy groups -OCH3 is 1. The molecule has 0 aliphatic carbocycles. The topological polar surface area (TPSA) is 129 Å². The summed E-state index contributed by atoms with van der Waals surface area (Å²) in [5, 5.41) is 5.90. The molecule has 1 amide bonds. The molecule has 2 heterocycles. The van der Waals surface area contributed by atoms with Gasteiger partial charge in [-0.1, -0.05) is 18.7 Å². The van der Waals surface area contributed by atoms with Crippen molar-refractivity contribution in [2.24, 2.45) is 0 Å². The standard InChI is InChI=1S/C23H23N7O3/c1-3-19(31)26-15-6-4-8-17(12-15)30-14-25-20-21(24)28-23(29-22(20)30)27-16-7-5-9-18(13-16)33-11-10-32-2/h3-9,12-14H,1,10-11H2,2H3,(H,26,31)(H3,24,27,28,29). The lowest BCUT2D eigenvalue weighted by atomic mass is 10.2. The Kier molecular flexibility index (Phi) is 6.46. The highest BCUT2D eigenvalue weighted by molar-refractivity contribution is 5.99. The molecule has 168 valence electrons. The first kappa shape index (κ1) is 21.8. The van der Waals surface area contributed by atoms with Gasteiger partial charge in [0.05, 0.1) is 12.3 Å². The van der Waals surface area contributed by atoms with Crippen molar-refractivity contribution in [3.05, 3.63) is 67.5 Å². The molecule has 0 saturated heterocycles. The SMILES string of the molecule is C=CC(=O)Nc1cccc(-n2cnc3c(N)nc(Nc4cccc(OCCOC)c4)nc32)c1. The van der Waals surface area contributed by atoms with Gasteiger partial charge in [-0.3, -0.25) is 9.36 Å². The largest absolute Gasteiger partial charge is 0.491 e. The van der Waals surface area contributed by atoms with Gasteiger partial charge in [0, 0.05) is 24.6 Å². The molecule has 0 saturated carbocycles. The van der Waals surface area contributed by atoms with Gasteiger partial charge in [-0.25, -0.2) is 4.98 Å². The van der Waals surface area contributed by atoms with Crippen LogP contribution in [0, 0.1) is 0 Å². The van der Waals surface area contributed by atoms with Crippen molar-refractivity contribution in [1.82, 2.24) is 19.5 Å². The number of amides is 1. The van der Waals surface area contributed by atoms with Gasteiger partial charge in [0.25, 0.3) is 0 Å². The van der Waals surface area contributed by atoms with Crippen LogP contribution < -0.4 is 21.1 Å². The van der Waals surface area contributed by atoms with E-state index < -0.39 is 0 Å². The molecule has 0 atom stereocenters. The summed E-state index contributed by atoms with van der Waals surface area (Å²) in [6.07, 6.45) is 2.82. The highest BCUT2D eigenvalue weighted by Crippen LogP contribution is 2.25.